The number of carboxylic acid groups (broad SMARTS) is 1. The maximum atomic E-state index is 11.8. The van der Waals surface area contributed by atoms with Crippen LogP contribution in [0.1, 0.15) is 24.8 Å². The van der Waals surface area contributed by atoms with Gasteiger partial charge in [0.1, 0.15) is 0 Å². The fourth-order valence-corrected chi connectivity index (χ4v) is 4.22. The standard InChI is InChI=1S/C12H13BrO4S/c1-18(16,17)9-4-2-3-8(13)11(9)12(5-6-12)7-10(14)15/h2-4H,5-7H2,1H3,(H,14,15). The van der Waals surface area contributed by atoms with E-state index in [-0.39, 0.29) is 11.3 Å². The van der Waals surface area contributed by atoms with E-state index < -0.39 is 21.2 Å². The van der Waals surface area contributed by atoms with Crippen LogP contribution in [-0.4, -0.2) is 25.7 Å². The van der Waals surface area contributed by atoms with Crippen molar-refractivity contribution in [2.24, 2.45) is 0 Å². The Morgan fingerprint density at radius 1 is 1.44 bits per heavy atom. The first-order valence-corrected chi connectivity index (χ1v) is 8.16. The van der Waals surface area contributed by atoms with Crippen molar-refractivity contribution in [3.8, 4) is 0 Å². The first kappa shape index (κ1) is 13.5. The summed E-state index contributed by atoms with van der Waals surface area (Å²) >= 11 is 3.35. The minimum atomic E-state index is -3.36. The topological polar surface area (TPSA) is 71.4 Å². The van der Waals surface area contributed by atoms with Crippen molar-refractivity contribution < 1.29 is 18.3 Å². The Labute approximate surface area is 114 Å². The van der Waals surface area contributed by atoms with Gasteiger partial charge in [-0.2, -0.15) is 0 Å². The van der Waals surface area contributed by atoms with E-state index in [1.165, 1.54) is 6.07 Å². The van der Waals surface area contributed by atoms with Crippen LogP contribution in [0.3, 0.4) is 0 Å². The van der Waals surface area contributed by atoms with E-state index in [1.54, 1.807) is 12.1 Å². The summed E-state index contributed by atoms with van der Waals surface area (Å²) in [5.41, 5.74) is 0.0968. The van der Waals surface area contributed by atoms with Crippen LogP contribution < -0.4 is 0 Å². The second kappa shape index (κ2) is 4.35. The zero-order valence-corrected chi connectivity index (χ0v) is 12.2. The molecule has 6 heteroatoms. The Bertz CT molecular complexity index is 603. The molecule has 1 aliphatic rings. The molecule has 18 heavy (non-hydrogen) atoms. The average Bonchev–Trinajstić information content (AvgIpc) is 2.95. The average molecular weight is 333 g/mol. The van der Waals surface area contributed by atoms with Gasteiger partial charge in [0.15, 0.2) is 9.84 Å². The van der Waals surface area contributed by atoms with E-state index >= 15 is 0 Å². The highest BCUT2D eigenvalue weighted by molar-refractivity contribution is 9.10. The Morgan fingerprint density at radius 2 is 2.06 bits per heavy atom. The molecular formula is C12H13BrO4S. The molecule has 0 heterocycles. The number of aliphatic carboxylic acids is 1. The molecule has 0 radical (unpaired) electrons. The molecule has 0 atom stereocenters. The van der Waals surface area contributed by atoms with E-state index in [9.17, 15) is 13.2 Å². The van der Waals surface area contributed by atoms with Crippen LogP contribution in [0.5, 0.6) is 0 Å². The molecule has 0 unspecified atom stereocenters. The quantitative estimate of drug-likeness (QED) is 0.918. The van der Waals surface area contributed by atoms with Crippen molar-refractivity contribution in [2.45, 2.75) is 29.6 Å². The van der Waals surface area contributed by atoms with Crippen molar-refractivity contribution in [3.63, 3.8) is 0 Å². The summed E-state index contributed by atoms with van der Waals surface area (Å²) in [6.07, 6.45) is 2.54. The molecule has 0 saturated heterocycles. The summed E-state index contributed by atoms with van der Waals surface area (Å²) in [7, 11) is -3.36. The summed E-state index contributed by atoms with van der Waals surface area (Å²) in [6.45, 7) is 0. The lowest BCUT2D eigenvalue weighted by atomic mass is 9.92. The highest BCUT2D eigenvalue weighted by Crippen LogP contribution is 2.54. The van der Waals surface area contributed by atoms with Crippen LogP contribution in [0.15, 0.2) is 27.6 Å². The van der Waals surface area contributed by atoms with Gasteiger partial charge in [-0.1, -0.05) is 22.0 Å². The maximum Gasteiger partial charge on any atom is 0.304 e. The third-order valence-electron chi connectivity index (χ3n) is 3.25. The van der Waals surface area contributed by atoms with Crippen molar-refractivity contribution in [1.82, 2.24) is 0 Å². The number of hydrogen-bond donors (Lipinski definition) is 1. The monoisotopic (exact) mass is 332 g/mol. The van der Waals surface area contributed by atoms with E-state index in [0.29, 0.717) is 22.9 Å². The number of benzene rings is 1. The zero-order chi connectivity index (χ0) is 13.6. The Kier molecular flexibility index (Phi) is 3.27. The zero-order valence-electron chi connectivity index (χ0n) is 9.81. The van der Waals surface area contributed by atoms with Crippen LogP contribution in [0, 0.1) is 0 Å². The van der Waals surface area contributed by atoms with E-state index in [2.05, 4.69) is 15.9 Å². The van der Waals surface area contributed by atoms with Crippen LogP contribution >= 0.6 is 15.9 Å². The van der Waals surface area contributed by atoms with Gasteiger partial charge in [0.2, 0.25) is 0 Å². The number of sulfone groups is 1. The van der Waals surface area contributed by atoms with Crippen molar-refractivity contribution >= 4 is 31.7 Å². The predicted molar refractivity (Wildman–Crippen MR) is 70.4 cm³/mol. The fraction of sp³-hybridized carbons (Fsp3) is 0.417. The number of carbonyl (C=O) groups is 1. The Morgan fingerprint density at radius 3 is 2.50 bits per heavy atom. The van der Waals surface area contributed by atoms with Crippen LogP contribution in [0.2, 0.25) is 0 Å². The van der Waals surface area contributed by atoms with Crippen LogP contribution in [-0.2, 0) is 20.0 Å². The summed E-state index contributed by atoms with van der Waals surface area (Å²) < 4.78 is 24.3. The molecule has 0 spiro atoms. The second-order valence-electron chi connectivity index (χ2n) is 4.74. The molecule has 1 saturated carbocycles. The maximum absolute atomic E-state index is 11.8. The minimum Gasteiger partial charge on any atom is -0.481 e. The van der Waals surface area contributed by atoms with Gasteiger partial charge in [0.25, 0.3) is 0 Å². The Balaban J connectivity index is 2.61. The molecule has 2 rings (SSSR count). The largest absolute Gasteiger partial charge is 0.481 e. The van der Waals surface area contributed by atoms with Gasteiger partial charge in [-0.15, -0.1) is 0 Å². The molecule has 1 fully saturated rings. The molecule has 1 aliphatic carbocycles. The van der Waals surface area contributed by atoms with E-state index in [1.807, 2.05) is 0 Å². The summed E-state index contributed by atoms with van der Waals surface area (Å²) in [5, 5.41) is 8.97. The molecule has 0 amide bonds. The molecule has 1 aromatic rings. The van der Waals surface area contributed by atoms with Gasteiger partial charge in [0, 0.05) is 16.1 Å². The van der Waals surface area contributed by atoms with Crippen LogP contribution in [0.25, 0.3) is 0 Å². The lowest BCUT2D eigenvalue weighted by molar-refractivity contribution is -0.137. The number of hydrogen-bond acceptors (Lipinski definition) is 3. The van der Waals surface area contributed by atoms with Gasteiger partial charge in [-0.25, -0.2) is 8.42 Å². The number of rotatable bonds is 4. The van der Waals surface area contributed by atoms with Crippen molar-refractivity contribution in [3.05, 3.63) is 28.2 Å². The highest BCUT2D eigenvalue weighted by atomic mass is 79.9. The molecule has 4 nitrogen and oxygen atoms in total. The fourth-order valence-electron chi connectivity index (χ4n) is 2.28. The molecule has 0 aliphatic heterocycles. The third-order valence-corrected chi connectivity index (χ3v) is 5.05. The van der Waals surface area contributed by atoms with Crippen molar-refractivity contribution in [1.29, 1.82) is 0 Å². The minimum absolute atomic E-state index is 0.0296. The number of carboxylic acids is 1. The Hall–Kier alpha value is -0.880. The SMILES string of the molecule is CS(=O)(=O)c1cccc(Br)c1C1(CC(=O)O)CC1. The molecule has 1 aromatic carbocycles. The van der Waals surface area contributed by atoms with E-state index in [0.717, 1.165) is 6.26 Å². The number of halogens is 1. The van der Waals surface area contributed by atoms with E-state index in [4.69, 9.17) is 5.11 Å². The lowest BCUT2D eigenvalue weighted by Crippen LogP contribution is -2.17. The molecule has 1 N–H and O–H groups in total. The first-order valence-electron chi connectivity index (χ1n) is 5.47. The molecule has 0 bridgehead atoms. The van der Waals surface area contributed by atoms with Gasteiger partial charge < -0.3 is 5.11 Å². The molecular weight excluding hydrogens is 320 g/mol. The smallest absolute Gasteiger partial charge is 0.304 e. The van der Waals surface area contributed by atoms with Gasteiger partial charge in [0.05, 0.1) is 11.3 Å². The van der Waals surface area contributed by atoms with Gasteiger partial charge >= 0.3 is 5.97 Å². The normalized spacial score (nSPS) is 17.4. The summed E-state index contributed by atoms with van der Waals surface area (Å²) in [4.78, 5) is 11.2. The predicted octanol–water partition coefficient (Wildman–Crippen LogP) is 2.36. The summed E-state index contributed by atoms with van der Waals surface area (Å²) in [6, 6.07) is 4.95. The van der Waals surface area contributed by atoms with Gasteiger partial charge in [-0.05, 0) is 30.5 Å². The second-order valence-corrected chi connectivity index (χ2v) is 7.57. The molecule has 0 aromatic heterocycles. The highest BCUT2D eigenvalue weighted by Gasteiger charge is 2.49. The van der Waals surface area contributed by atoms with Crippen LogP contribution in [0.4, 0.5) is 0 Å². The lowest BCUT2D eigenvalue weighted by Gasteiger charge is -2.18. The third kappa shape index (κ3) is 2.44. The molecule has 98 valence electrons. The first-order chi connectivity index (χ1) is 8.26. The summed E-state index contributed by atoms with van der Waals surface area (Å²) in [5.74, 6) is -0.900. The van der Waals surface area contributed by atoms with Crippen molar-refractivity contribution in [2.75, 3.05) is 6.26 Å². The van der Waals surface area contributed by atoms with Gasteiger partial charge in [-0.3, -0.25) is 4.79 Å².